The van der Waals surface area contributed by atoms with E-state index in [9.17, 15) is 4.79 Å². The van der Waals surface area contributed by atoms with Gasteiger partial charge in [-0.15, -0.1) is 11.3 Å². The van der Waals surface area contributed by atoms with Gasteiger partial charge in [0.2, 0.25) is 0 Å². The number of fused-ring (bicyclic) bond motifs is 5. The molecule has 1 saturated heterocycles. The molecule has 0 radical (unpaired) electrons. The molecule has 1 fully saturated rings. The van der Waals surface area contributed by atoms with Gasteiger partial charge >= 0.3 is 6.01 Å². The number of nitrogens with one attached hydrogen (secondary N) is 3. The van der Waals surface area contributed by atoms with Crippen LogP contribution in [-0.4, -0.2) is 89.6 Å². The quantitative estimate of drug-likeness (QED) is 0.308. The predicted molar refractivity (Wildman–Crippen MR) is 152 cm³/mol. The van der Waals surface area contributed by atoms with Crippen molar-refractivity contribution in [2.45, 2.75) is 13.0 Å². The summed E-state index contributed by atoms with van der Waals surface area (Å²) in [6.07, 6.45) is 0. The Morgan fingerprint density at radius 2 is 1.97 bits per heavy atom. The van der Waals surface area contributed by atoms with Crippen LogP contribution in [0.4, 0.5) is 17.3 Å². The summed E-state index contributed by atoms with van der Waals surface area (Å²) in [5, 5.41) is 12.0. The van der Waals surface area contributed by atoms with E-state index in [1.807, 2.05) is 31.2 Å². The smallest absolute Gasteiger partial charge is 0.319 e. The fourth-order valence-electron chi connectivity index (χ4n) is 4.79. The maximum absolute atomic E-state index is 12.7. The molecule has 3 aromatic heterocycles. The van der Waals surface area contributed by atoms with Crippen molar-refractivity contribution in [3.8, 4) is 6.01 Å². The number of benzene rings is 1. The number of carbonyl (C=O) groups excluding carboxylic acids is 1. The van der Waals surface area contributed by atoms with Crippen LogP contribution in [0.15, 0.2) is 30.3 Å². The number of hydrogen-bond donors (Lipinski definition) is 3. The lowest BCUT2D eigenvalue weighted by atomic mass is 10.1. The highest BCUT2D eigenvalue weighted by Gasteiger charge is 2.24. The summed E-state index contributed by atoms with van der Waals surface area (Å²) in [5.41, 5.74) is 1.69. The van der Waals surface area contributed by atoms with Crippen molar-refractivity contribution in [3.63, 3.8) is 0 Å². The minimum atomic E-state index is -0.0414. The number of anilines is 3. The van der Waals surface area contributed by atoms with Crippen molar-refractivity contribution >= 4 is 67.2 Å². The number of pyridine rings is 1. The van der Waals surface area contributed by atoms with Crippen LogP contribution < -0.4 is 20.7 Å². The van der Waals surface area contributed by atoms with Crippen molar-refractivity contribution in [3.05, 3.63) is 40.4 Å². The Labute approximate surface area is 229 Å². The van der Waals surface area contributed by atoms with Crippen molar-refractivity contribution in [1.29, 1.82) is 0 Å². The van der Waals surface area contributed by atoms with Crippen molar-refractivity contribution in [2.24, 2.45) is 0 Å². The minimum Gasteiger partial charge on any atom is -0.462 e. The van der Waals surface area contributed by atoms with Gasteiger partial charge in [-0.25, -0.2) is 4.98 Å². The molecule has 0 aliphatic carbocycles. The zero-order chi connectivity index (χ0) is 26.2. The molecule has 0 spiro atoms. The molecular weight excluding hydrogens is 524 g/mol. The number of likely N-dealkylation sites (N-methyl/N-ethyl adjacent to an activating group) is 1. The van der Waals surface area contributed by atoms with Crippen LogP contribution in [0.3, 0.4) is 0 Å². The molecule has 1 aromatic carbocycles. The zero-order valence-electron chi connectivity index (χ0n) is 21.3. The van der Waals surface area contributed by atoms with E-state index in [1.165, 1.54) is 11.3 Å². The fourth-order valence-corrected chi connectivity index (χ4v) is 6.06. The highest BCUT2D eigenvalue weighted by Crippen LogP contribution is 2.41. The second-order valence-electron chi connectivity index (χ2n) is 9.74. The molecule has 0 unspecified atom stereocenters. The van der Waals surface area contributed by atoms with Gasteiger partial charge in [0.05, 0.1) is 11.2 Å². The van der Waals surface area contributed by atoms with Crippen LogP contribution in [-0.2, 0) is 0 Å². The first-order chi connectivity index (χ1) is 18.4. The molecule has 5 heterocycles. The highest BCUT2D eigenvalue weighted by atomic mass is 35.5. The number of amides is 1. The summed E-state index contributed by atoms with van der Waals surface area (Å²) >= 11 is 7.76. The van der Waals surface area contributed by atoms with E-state index in [-0.39, 0.29) is 18.0 Å². The van der Waals surface area contributed by atoms with Crippen molar-refractivity contribution in [2.75, 3.05) is 63.6 Å². The predicted octanol–water partition coefficient (Wildman–Crippen LogP) is 3.81. The summed E-state index contributed by atoms with van der Waals surface area (Å²) in [7, 11) is 2.14. The molecule has 12 heteroatoms. The second kappa shape index (κ2) is 10.5. The molecule has 1 atom stereocenters. The number of piperazine rings is 1. The molecule has 0 saturated carbocycles. The summed E-state index contributed by atoms with van der Waals surface area (Å²) in [6, 6.07) is 9.84. The number of hydrogen-bond acceptors (Lipinski definition) is 10. The summed E-state index contributed by atoms with van der Waals surface area (Å²) in [4.78, 5) is 31.6. The fraction of sp³-hybridized carbons (Fsp3) is 0.385. The third-order valence-electron chi connectivity index (χ3n) is 6.86. The average molecular weight is 553 g/mol. The SMILES string of the molecule is C[C@@H]1CNc2c(sc3ccc4nc(Nc5cc(Cl)nc(OCCN6CCN(C)CC6)n5)ccc4c23)C(=O)N1. The molecule has 38 heavy (non-hydrogen) atoms. The maximum Gasteiger partial charge on any atom is 0.319 e. The maximum atomic E-state index is 12.7. The molecule has 4 aromatic rings. The highest BCUT2D eigenvalue weighted by molar-refractivity contribution is 7.21. The van der Waals surface area contributed by atoms with Gasteiger partial charge in [-0.05, 0) is 38.2 Å². The Bertz CT molecular complexity index is 1500. The number of carbonyl (C=O) groups is 1. The lowest BCUT2D eigenvalue weighted by Gasteiger charge is -2.32. The molecule has 2 aliphatic heterocycles. The molecule has 0 bridgehead atoms. The minimum absolute atomic E-state index is 0.0414. The van der Waals surface area contributed by atoms with E-state index in [1.54, 1.807) is 6.07 Å². The Balaban J connectivity index is 1.20. The van der Waals surface area contributed by atoms with Crippen LogP contribution in [0, 0.1) is 0 Å². The van der Waals surface area contributed by atoms with Crippen LogP contribution in [0.2, 0.25) is 5.15 Å². The van der Waals surface area contributed by atoms with E-state index >= 15 is 0 Å². The monoisotopic (exact) mass is 552 g/mol. The normalized spacial score (nSPS) is 18.6. The van der Waals surface area contributed by atoms with Gasteiger partial charge in [-0.3, -0.25) is 9.69 Å². The molecule has 1 amide bonds. The number of thiophene rings is 1. The lowest BCUT2D eigenvalue weighted by molar-refractivity contribution is 0.0949. The lowest BCUT2D eigenvalue weighted by Crippen LogP contribution is -2.45. The molecule has 6 rings (SSSR count). The Hall–Kier alpha value is -3.25. The number of aromatic nitrogens is 3. The molecule has 2 aliphatic rings. The van der Waals surface area contributed by atoms with Gasteiger partial charge in [0.25, 0.3) is 5.91 Å². The van der Waals surface area contributed by atoms with Gasteiger partial charge in [0, 0.05) is 66.8 Å². The van der Waals surface area contributed by atoms with Crippen LogP contribution >= 0.6 is 22.9 Å². The van der Waals surface area contributed by atoms with Crippen LogP contribution in [0.5, 0.6) is 6.01 Å². The van der Waals surface area contributed by atoms with Gasteiger partial charge in [0.1, 0.15) is 28.3 Å². The second-order valence-corrected chi connectivity index (χ2v) is 11.2. The summed E-state index contributed by atoms with van der Waals surface area (Å²) < 4.78 is 6.87. The first-order valence-corrected chi connectivity index (χ1v) is 13.9. The van der Waals surface area contributed by atoms with Crippen molar-refractivity contribution < 1.29 is 9.53 Å². The standard InChI is InChI=1S/C26H29ClN8O2S/c1-15-14-28-23-22-16-3-6-20(30-17(16)4-5-18(22)38-24(23)25(36)29-15)32-21-13-19(27)31-26(33-21)37-12-11-35-9-7-34(2)8-10-35/h3-6,13,15,28H,7-12,14H2,1-2H3,(H,29,36)(H,30,31,32,33)/t15-/m1/s1. The molecule has 3 N–H and O–H groups in total. The van der Waals surface area contributed by atoms with E-state index in [2.05, 4.69) is 42.8 Å². The molecule has 198 valence electrons. The van der Waals surface area contributed by atoms with Crippen LogP contribution in [0.25, 0.3) is 21.0 Å². The first-order valence-electron chi connectivity index (χ1n) is 12.7. The molecule has 10 nitrogen and oxygen atoms in total. The average Bonchev–Trinajstić information content (AvgIpc) is 3.21. The third kappa shape index (κ3) is 5.19. The number of ether oxygens (including phenoxy) is 1. The van der Waals surface area contributed by atoms with E-state index in [4.69, 9.17) is 21.3 Å². The number of halogens is 1. The topological polar surface area (TPSA) is 108 Å². The Morgan fingerprint density at radius 1 is 1.13 bits per heavy atom. The van der Waals surface area contributed by atoms with Crippen molar-refractivity contribution in [1.82, 2.24) is 30.1 Å². The van der Waals surface area contributed by atoms with Crippen LogP contribution in [0.1, 0.15) is 16.6 Å². The van der Waals surface area contributed by atoms with Gasteiger partial charge in [-0.1, -0.05) is 11.6 Å². The van der Waals surface area contributed by atoms with Gasteiger partial charge < -0.3 is 25.6 Å². The Morgan fingerprint density at radius 3 is 2.82 bits per heavy atom. The Kier molecular flexibility index (Phi) is 6.91. The first kappa shape index (κ1) is 25.1. The number of rotatable bonds is 6. The summed E-state index contributed by atoms with van der Waals surface area (Å²) in [5.74, 6) is 1.08. The third-order valence-corrected chi connectivity index (χ3v) is 8.20. The van der Waals surface area contributed by atoms with Gasteiger partial charge in [0.15, 0.2) is 0 Å². The van der Waals surface area contributed by atoms with E-state index < -0.39 is 0 Å². The van der Waals surface area contributed by atoms with E-state index in [0.717, 1.165) is 59.4 Å². The van der Waals surface area contributed by atoms with E-state index in [0.29, 0.717) is 34.8 Å². The number of nitrogens with zero attached hydrogens (tertiary/aromatic N) is 5. The van der Waals surface area contributed by atoms with Gasteiger partial charge in [-0.2, -0.15) is 9.97 Å². The zero-order valence-corrected chi connectivity index (χ0v) is 22.8. The largest absolute Gasteiger partial charge is 0.462 e. The molecular formula is C26H29ClN8O2S. The summed E-state index contributed by atoms with van der Waals surface area (Å²) in [6.45, 7) is 8.14.